The summed E-state index contributed by atoms with van der Waals surface area (Å²) in [5.41, 5.74) is 0.646. The van der Waals surface area contributed by atoms with Gasteiger partial charge in [0.05, 0.1) is 6.61 Å². The third-order valence-corrected chi connectivity index (χ3v) is 5.37. The van der Waals surface area contributed by atoms with E-state index in [4.69, 9.17) is 5.26 Å². The highest BCUT2D eigenvalue weighted by Crippen LogP contribution is 2.41. The molecule has 0 aromatic carbocycles. The number of hydrogen-bond donors (Lipinski definition) is 1. The van der Waals surface area contributed by atoms with Gasteiger partial charge in [-0.3, -0.25) is 5.26 Å². The van der Waals surface area contributed by atoms with Crippen LogP contribution in [0.1, 0.15) is 124 Å². The van der Waals surface area contributed by atoms with Crippen molar-refractivity contribution in [2.24, 2.45) is 5.41 Å². The van der Waals surface area contributed by atoms with Crippen LogP contribution in [0.25, 0.3) is 0 Å². The Morgan fingerprint density at radius 1 is 0.565 bits per heavy atom. The Bertz CT molecular complexity index is 206. The molecule has 2 heteroatoms. The fraction of sp³-hybridized carbons (Fsp3) is 1.00. The fourth-order valence-corrected chi connectivity index (χ4v) is 3.78. The molecule has 23 heavy (non-hydrogen) atoms. The van der Waals surface area contributed by atoms with Gasteiger partial charge in [0.15, 0.2) is 0 Å². The second kappa shape index (κ2) is 16.8. The average molecular weight is 329 g/mol. The van der Waals surface area contributed by atoms with Crippen LogP contribution in [0.2, 0.25) is 0 Å². The summed E-state index contributed by atoms with van der Waals surface area (Å²) in [6.45, 7) is 7.50. The van der Waals surface area contributed by atoms with Gasteiger partial charge in [-0.15, -0.1) is 0 Å². The summed E-state index contributed by atoms with van der Waals surface area (Å²) in [4.78, 5) is 4.13. The normalized spacial score (nSPS) is 12.0. The van der Waals surface area contributed by atoms with E-state index in [0.29, 0.717) is 12.0 Å². The van der Waals surface area contributed by atoms with E-state index in [-0.39, 0.29) is 0 Å². The predicted octanol–water partition coefficient (Wildman–Crippen LogP) is 7.76. The Hall–Kier alpha value is -0.0800. The van der Waals surface area contributed by atoms with Crippen LogP contribution in [0.15, 0.2) is 0 Å². The summed E-state index contributed by atoms with van der Waals surface area (Å²) >= 11 is 0. The highest BCUT2D eigenvalue weighted by Gasteiger charge is 2.27. The summed E-state index contributed by atoms with van der Waals surface area (Å²) in [5, 5.41) is 8.31. The maximum atomic E-state index is 8.31. The molecule has 0 aliphatic rings. The molecule has 0 saturated carbocycles. The molecule has 0 rings (SSSR count). The molecule has 0 atom stereocenters. The molecule has 0 unspecified atom stereocenters. The van der Waals surface area contributed by atoms with Crippen molar-refractivity contribution in [2.45, 2.75) is 124 Å². The van der Waals surface area contributed by atoms with Crippen LogP contribution in [0.5, 0.6) is 0 Å². The minimum absolute atomic E-state index is 0.494. The molecule has 0 bridgehead atoms. The van der Waals surface area contributed by atoms with Crippen molar-refractivity contribution >= 4 is 0 Å². The lowest BCUT2D eigenvalue weighted by Crippen LogP contribution is -2.21. The first-order chi connectivity index (χ1) is 11.2. The third-order valence-electron chi connectivity index (χ3n) is 5.37. The van der Waals surface area contributed by atoms with Crippen LogP contribution in [-0.4, -0.2) is 11.9 Å². The Kier molecular flexibility index (Phi) is 16.7. The van der Waals surface area contributed by atoms with Gasteiger partial charge < -0.3 is 0 Å². The second-order valence-corrected chi connectivity index (χ2v) is 7.52. The fourth-order valence-electron chi connectivity index (χ4n) is 3.78. The standard InChI is InChI=1S/C21H44O2/c1-4-7-16-21(17-8-5-2,18-9-6-3)19-14-12-10-11-13-15-20-23-22/h22H,4-20H2,1-3H3. The Morgan fingerprint density at radius 3 is 1.39 bits per heavy atom. The zero-order valence-corrected chi connectivity index (χ0v) is 16.4. The maximum Gasteiger partial charge on any atom is 0.0819 e. The van der Waals surface area contributed by atoms with Crippen molar-refractivity contribution in [1.82, 2.24) is 0 Å². The van der Waals surface area contributed by atoms with E-state index in [9.17, 15) is 0 Å². The summed E-state index contributed by atoms with van der Waals surface area (Å²) in [6.07, 6.45) is 21.7. The van der Waals surface area contributed by atoms with Crippen molar-refractivity contribution in [1.29, 1.82) is 0 Å². The van der Waals surface area contributed by atoms with Gasteiger partial charge in [-0.25, -0.2) is 4.89 Å². The minimum Gasteiger partial charge on any atom is -0.252 e. The van der Waals surface area contributed by atoms with Crippen molar-refractivity contribution in [3.05, 3.63) is 0 Å². The monoisotopic (exact) mass is 328 g/mol. The van der Waals surface area contributed by atoms with E-state index < -0.39 is 0 Å². The smallest absolute Gasteiger partial charge is 0.0819 e. The molecule has 0 radical (unpaired) electrons. The second-order valence-electron chi connectivity index (χ2n) is 7.52. The van der Waals surface area contributed by atoms with Crippen molar-refractivity contribution in [3.8, 4) is 0 Å². The largest absolute Gasteiger partial charge is 0.252 e. The molecular formula is C21H44O2. The van der Waals surface area contributed by atoms with Gasteiger partial charge >= 0.3 is 0 Å². The molecule has 0 aliphatic carbocycles. The third kappa shape index (κ3) is 12.9. The number of hydrogen-bond acceptors (Lipinski definition) is 2. The maximum absolute atomic E-state index is 8.31. The average Bonchev–Trinajstić information content (AvgIpc) is 2.58. The van der Waals surface area contributed by atoms with Gasteiger partial charge in [-0.05, 0) is 37.5 Å². The lowest BCUT2D eigenvalue weighted by atomic mass is 9.71. The molecule has 1 N–H and O–H groups in total. The zero-order valence-electron chi connectivity index (χ0n) is 16.4. The van der Waals surface area contributed by atoms with Gasteiger partial charge in [0.25, 0.3) is 0 Å². The van der Waals surface area contributed by atoms with Crippen LogP contribution >= 0.6 is 0 Å². The number of rotatable bonds is 18. The van der Waals surface area contributed by atoms with E-state index >= 15 is 0 Å². The molecule has 140 valence electrons. The van der Waals surface area contributed by atoms with Gasteiger partial charge in [0, 0.05) is 0 Å². The SMILES string of the molecule is CCCCC(CCCC)(CCCC)CCCCCCCCOO. The lowest BCUT2D eigenvalue weighted by Gasteiger charge is -2.35. The predicted molar refractivity (Wildman–Crippen MR) is 102 cm³/mol. The Labute approximate surface area is 146 Å². The highest BCUT2D eigenvalue weighted by atomic mass is 17.1. The van der Waals surface area contributed by atoms with Crippen LogP contribution in [-0.2, 0) is 4.89 Å². The van der Waals surface area contributed by atoms with Crippen LogP contribution in [0.3, 0.4) is 0 Å². The zero-order chi connectivity index (χ0) is 17.2. The molecular weight excluding hydrogens is 284 g/mol. The van der Waals surface area contributed by atoms with Gasteiger partial charge in [-0.2, -0.15) is 0 Å². The van der Waals surface area contributed by atoms with Gasteiger partial charge in [0.1, 0.15) is 0 Å². The summed E-state index contributed by atoms with van der Waals surface area (Å²) in [6, 6.07) is 0. The molecule has 0 amide bonds. The van der Waals surface area contributed by atoms with E-state index in [1.54, 1.807) is 0 Å². The minimum atomic E-state index is 0.494. The van der Waals surface area contributed by atoms with Crippen LogP contribution in [0, 0.1) is 5.41 Å². The van der Waals surface area contributed by atoms with Crippen molar-refractivity contribution < 1.29 is 10.1 Å². The number of unbranched alkanes of at least 4 members (excludes halogenated alkanes) is 8. The molecule has 0 fully saturated rings. The summed E-state index contributed by atoms with van der Waals surface area (Å²) < 4.78 is 0. The quantitative estimate of drug-likeness (QED) is 0.158. The molecule has 0 spiro atoms. The molecule has 2 nitrogen and oxygen atoms in total. The molecule has 0 aromatic rings. The molecule has 0 aromatic heterocycles. The van der Waals surface area contributed by atoms with Crippen molar-refractivity contribution in [2.75, 3.05) is 6.61 Å². The van der Waals surface area contributed by atoms with Crippen LogP contribution < -0.4 is 0 Å². The van der Waals surface area contributed by atoms with E-state index in [2.05, 4.69) is 25.7 Å². The first-order valence-electron chi connectivity index (χ1n) is 10.5. The Morgan fingerprint density at radius 2 is 0.957 bits per heavy atom. The lowest BCUT2D eigenvalue weighted by molar-refractivity contribution is -0.242. The van der Waals surface area contributed by atoms with Gasteiger partial charge in [-0.1, -0.05) is 91.4 Å². The van der Waals surface area contributed by atoms with Crippen LogP contribution in [0.4, 0.5) is 0 Å². The van der Waals surface area contributed by atoms with Crippen molar-refractivity contribution in [3.63, 3.8) is 0 Å². The highest BCUT2D eigenvalue weighted by molar-refractivity contribution is 4.79. The summed E-state index contributed by atoms with van der Waals surface area (Å²) in [7, 11) is 0. The van der Waals surface area contributed by atoms with E-state index in [1.807, 2.05) is 0 Å². The first kappa shape index (κ1) is 22.9. The summed E-state index contributed by atoms with van der Waals surface area (Å²) in [5.74, 6) is 0. The molecule has 0 aliphatic heterocycles. The Balaban J connectivity index is 4.14. The van der Waals surface area contributed by atoms with Gasteiger partial charge in [0.2, 0.25) is 0 Å². The van der Waals surface area contributed by atoms with E-state index in [0.717, 1.165) is 6.42 Å². The molecule has 0 heterocycles. The van der Waals surface area contributed by atoms with E-state index in [1.165, 1.54) is 96.3 Å². The molecule has 0 saturated heterocycles. The first-order valence-corrected chi connectivity index (χ1v) is 10.5. The topological polar surface area (TPSA) is 29.5 Å².